The van der Waals surface area contributed by atoms with Crippen molar-refractivity contribution in [3.8, 4) is 0 Å². The van der Waals surface area contributed by atoms with Crippen LogP contribution in [-0.2, 0) is 24.4 Å². The summed E-state index contributed by atoms with van der Waals surface area (Å²) in [6, 6.07) is 6.68. The number of piperidine rings is 3. The van der Waals surface area contributed by atoms with Crippen molar-refractivity contribution in [2.45, 2.75) is 38.5 Å². The number of carbonyl (C=O) groups is 1. The molecular formula is C21H29FN6O. The second kappa shape index (κ2) is 8.59. The maximum Gasteiger partial charge on any atom is 0.224 e. The zero-order chi connectivity index (χ0) is 20.4. The molecular weight excluding hydrogens is 371 g/mol. The molecule has 2 bridgehead atoms. The van der Waals surface area contributed by atoms with E-state index in [-0.39, 0.29) is 17.6 Å². The molecule has 0 saturated carbocycles. The Morgan fingerprint density at radius 3 is 2.79 bits per heavy atom. The molecule has 3 fully saturated rings. The number of benzene rings is 1. The van der Waals surface area contributed by atoms with Crippen LogP contribution in [0.15, 0.2) is 30.5 Å². The van der Waals surface area contributed by atoms with E-state index in [1.54, 1.807) is 12.1 Å². The molecule has 4 atom stereocenters. The number of amides is 1. The molecule has 1 aromatic heterocycles. The van der Waals surface area contributed by atoms with Crippen LogP contribution in [0.25, 0.3) is 0 Å². The Bertz CT molecular complexity index is 836. The lowest BCUT2D eigenvalue weighted by Gasteiger charge is -2.49. The van der Waals surface area contributed by atoms with Crippen molar-refractivity contribution in [3.63, 3.8) is 0 Å². The van der Waals surface area contributed by atoms with Crippen LogP contribution in [0, 0.1) is 17.7 Å². The lowest BCUT2D eigenvalue weighted by atomic mass is 9.75. The highest BCUT2D eigenvalue weighted by molar-refractivity contribution is 5.79. The molecule has 7 nitrogen and oxygen atoms in total. The fourth-order valence-electron chi connectivity index (χ4n) is 4.59. The van der Waals surface area contributed by atoms with E-state index in [1.807, 2.05) is 25.0 Å². The fraction of sp³-hybridized carbons (Fsp3) is 0.571. The Morgan fingerprint density at radius 2 is 2.10 bits per heavy atom. The summed E-state index contributed by atoms with van der Waals surface area (Å²) in [5.74, 6) is 0.282. The lowest BCUT2D eigenvalue weighted by molar-refractivity contribution is -0.133. The number of rotatable bonds is 7. The Balaban J connectivity index is 1.30. The Kier molecular flexibility index (Phi) is 5.91. The summed E-state index contributed by atoms with van der Waals surface area (Å²) < 4.78 is 15.0. The number of nitrogens with one attached hydrogen (secondary N) is 1. The monoisotopic (exact) mass is 400 g/mol. The molecule has 2 unspecified atom stereocenters. The minimum absolute atomic E-state index is 0.0282. The standard InChI is InChI=1S/C21H29FN6O/c1-26(2)11-18-12-28(25-24-18)13-19-9-16-7-8-27(19)14-20(16)21(29)23-10-15-3-5-17(22)6-4-15/h3-6,12,16,19-20H,7-11,13-14H2,1-2H3,(H,23,29)/t16?,19-,20+/m1/s1. The van der Waals surface area contributed by atoms with Gasteiger partial charge in [0, 0.05) is 31.9 Å². The van der Waals surface area contributed by atoms with Gasteiger partial charge in [-0.25, -0.2) is 4.39 Å². The van der Waals surface area contributed by atoms with E-state index in [4.69, 9.17) is 0 Å². The summed E-state index contributed by atoms with van der Waals surface area (Å²) in [4.78, 5) is 17.3. The minimum atomic E-state index is -0.260. The normalized spacial score (nSPS) is 26.1. The van der Waals surface area contributed by atoms with E-state index in [0.29, 0.717) is 18.5 Å². The molecule has 3 saturated heterocycles. The van der Waals surface area contributed by atoms with Crippen molar-refractivity contribution in [3.05, 3.63) is 47.5 Å². The molecule has 8 heteroatoms. The van der Waals surface area contributed by atoms with Crippen molar-refractivity contribution >= 4 is 5.91 Å². The molecule has 3 aliphatic heterocycles. The van der Waals surface area contributed by atoms with Crippen molar-refractivity contribution in [2.75, 3.05) is 27.2 Å². The number of hydrogen-bond donors (Lipinski definition) is 1. The van der Waals surface area contributed by atoms with E-state index in [9.17, 15) is 9.18 Å². The van der Waals surface area contributed by atoms with Gasteiger partial charge in [0.1, 0.15) is 5.82 Å². The van der Waals surface area contributed by atoms with Crippen LogP contribution >= 0.6 is 0 Å². The van der Waals surface area contributed by atoms with Gasteiger partial charge in [-0.2, -0.15) is 0 Å². The third-order valence-corrected chi connectivity index (χ3v) is 6.06. The minimum Gasteiger partial charge on any atom is -0.352 e. The highest BCUT2D eigenvalue weighted by atomic mass is 19.1. The SMILES string of the molecule is CN(C)Cc1cn(C[C@H]2CC3CCN2C[C@@H]3C(=O)NCc2ccc(F)cc2)nn1. The number of nitrogens with zero attached hydrogens (tertiary/aromatic N) is 5. The Morgan fingerprint density at radius 1 is 1.31 bits per heavy atom. The van der Waals surface area contributed by atoms with Crippen LogP contribution in [0.1, 0.15) is 24.1 Å². The van der Waals surface area contributed by atoms with Gasteiger partial charge in [-0.3, -0.25) is 14.4 Å². The predicted octanol–water partition coefficient (Wildman–Crippen LogP) is 1.51. The van der Waals surface area contributed by atoms with Gasteiger partial charge in [0.15, 0.2) is 0 Å². The maximum absolute atomic E-state index is 13.0. The van der Waals surface area contributed by atoms with Crippen LogP contribution in [0.4, 0.5) is 4.39 Å². The molecule has 0 spiro atoms. The first-order chi connectivity index (χ1) is 14.0. The van der Waals surface area contributed by atoms with Crippen molar-refractivity contribution in [2.24, 2.45) is 11.8 Å². The molecule has 1 N–H and O–H groups in total. The molecule has 1 amide bonds. The molecule has 4 heterocycles. The first-order valence-electron chi connectivity index (χ1n) is 10.3. The zero-order valence-corrected chi connectivity index (χ0v) is 17.1. The highest BCUT2D eigenvalue weighted by Gasteiger charge is 2.43. The molecule has 0 aliphatic carbocycles. The summed E-state index contributed by atoms with van der Waals surface area (Å²) in [5, 5.41) is 11.6. The zero-order valence-electron chi connectivity index (χ0n) is 17.1. The molecule has 0 radical (unpaired) electrons. The van der Waals surface area contributed by atoms with E-state index in [0.717, 1.165) is 50.3 Å². The lowest BCUT2D eigenvalue weighted by Crippen LogP contribution is -2.58. The summed E-state index contributed by atoms with van der Waals surface area (Å²) in [7, 11) is 4.04. The molecule has 156 valence electrons. The largest absolute Gasteiger partial charge is 0.352 e. The van der Waals surface area contributed by atoms with E-state index in [1.165, 1.54) is 12.1 Å². The average molecular weight is 401 g/mol. The predicted molar refractivity (Wildman–Crippen MR) is 107 cm³/mol. The van der Waals surface area contributed by atoms with Crippen molar-refractivity contribution in [1.82, 2.24) is 30.1 Å². The van der Waals surface area contributed by atoms with Crippen LogP contribution < -0.4 is 5.32 Å². The topological polar surface area (TPSA) is 66.3 Å². The van der Waals surface area contributed by atoms with Crippen molar-refractivity contribution in [1.29, 1.82) is 0 Å². The van der Waals surface area contributed by atoms with Gasteiger partial charge in [-0.15, -0.1) is 5.10 Å². The Hall–Kier alpha value is -2.32. The van der Waals surface area contributed by atoms with Crippen LogP contribution in [0.5, 0.6) is 0 Å². The van der Waals surface area contributed by atoms with Gasteiger partial charge in [0.05, 0.1) is 18.2 Å². The van der Waals surface area contributed by atoms with E-state index < -0.39 is 0 Å². The highest BCUT2D eigenvalue weighted by Crippen LogP contribution is 2.37. The van der Waals surface area contributed by atoms with E-state index >= 15 is 0 Å². The second-order valence-corrected chi connectivity index (χ2v) is 8.55. The van der Waals surface area contributed by atoms with Crippen molar-refractivity contribution < 1.29 is 9.18 Å². The quantitative estimate of drug-likeness (QED) is 0.763. The summed E-state index contributed by atoms with van der Waals surface area (Å²) >= 11 is 0. The van der Waals surface area contributed by atoms with E-state index in [2.05, 4.69) is 25.4 Å². The Labute approximate surface area is 170 Å². The molecule has 3 aliphatic rings. The smallest absolute Gasteiger partial charge is 0.224 e. The van der Waals surface area contributed by atoms with Crippen LogP contribution in [-0.4, -0.2) is 63.9 Å². The fourth-order valence-corrected chi connectivity index (χ4v) is 4.59. The van der Waals surface area contributed by atoms with Gasteiger partial charge < -0.3 is 10.2 Å². The van der Waals surface area contributed by atoms with Gasteiger partial charge >= 0.3 is 0 Å². The number of aromatic nitrogens is 3. The van der Waals surface area contributed by atoms with Gasteiger partial charge in [0.2, 0.25) is 5.91 Å². The molecule has 5 rings (SSSR count). The third-order valence-electron chi connectivity index (χ3n) is 6.06. The summed E-state index contributed by atoms with van der Waals surface area (Å²) in [6.07, 6.45) is 4.10. The van der Waals surface area contributed by atoms with Crippen LogP contribution in [0.3, 0.4) is 0 Å². The first kappa shape index (κ1) is 20.0. The van der Waals surface area contributed by atoms with Gasteiger partial charge in [-0.1, -0.05) is 17.3 Å². The molecule has 2 aromatic rings. The number of fused-ring (bicyclic) bond motifs is 3. The molecule has 1 aromatic carbocycles. The number of carbonyl (C=O) groups excluding carboxylic acids is 1. The second-order valence-electron chi connectivity index (χ2n) is 8.55. The summed E-state index contributed by atoms with van der Waals surface area (Å²) in [6.45, 7) is 3.88. The summed E-state index contributed by atoms with van der Waals surface area (Å²) in [5.41, 5.74) is 1.89. The van der Waals surface area contributed by atoms with Crippen LogP contribution in [0.2, 0.25) is 0 Å². The maximum atomic E-state index is 13.0. The molecule has 29 heavy (non-hydrogen) atoms. The first-order valence-corrected chi connectivity index (χ1v) is 10.3. The number of hydrogen-bond acceptors (Lipinski definition) is 5. The van der Waals surface area contributed by atoms with Gasteiger partial charge in [0.25, 0.3) is 0 Å². The average Bonchev–Trinajstić information content (AvgIpc) is 3.13. The van der Waals surface area contributed by atoms with Gasteiger partial charge in [-0.05, 0) is 57.1 Å². The third kappa shape index (κ3) is 4.82. The number of halogens is 1.